The van der Waals surface area contributed by atoms with Crippen molar-refractivity contribution in [2.45, 2.75) is 0 Å². The minimum Gasteiger partial charge on any atom is -0.181 e. The van der Waals surface area contributed by atoms with Crippen molar-refractivity contribution >= 4 is 6.08 Å². The molecule has 0 saturated carbocycles. The Bertz CT molecular complexity index is 359. The second-order valence-electron chi connectivity index (χ2n) is 2.31. The van der Waals surface area contributed by atoms with Gasteiger partial charge in [0, 0.05) is 0 Å². The van der Waals surface area contributed by atoms with Gasteiger partial charge in [0.15, 0.2) is 12.1 Å². The molecule has 1 aromatic carbocycles. The molecule has 16 heavy (non-hydrogen) atoms. The fraction of sp³-hybridized carbons (Fsp3) is 0. The SMILES string of the molecule is C=CC=C.C=Cc1ccccc1.N#CC#N. The van der Waals surface area contributed by atoms with E-state index in [4.69, 9.17) is 10.5 Å². The van der Waals surface area contributed by atoms with Gasteiger partial charge >= 0.3 is 0 Å². The molecule has 1 rings (SSSR count). The van der Waals surface area contributed by atoms with Gasteiger partial charge in [-0.1, -0.05) is 68.3 Å². The summed E-state index contributed by atoms with van der Waals surface area (Å²) in [6, 6.07) is 12.5. The average Bonchev–Trinajstić information content (AvgIpc) is 2.40. The van der Waals surface area contributed by atoms with Gasteiger partial charge in [-0.25, -0.2) is 0 Å². The fourth-order valence-corrected chi connectivity index (χ4v) is 0.589. The van der Waals surface area contributed by atoms with Gasteiger partial charge < -0.3 is 0 Å². The second-order valence-corrected chi connectivity index (χ2v) is 2.31. The molecule has 0 amide bonds. The van der Waals surface area contributed by atoms with E-state index >= 15 is 0 Å². The van der Waals surface area contributed by atoms with E-state index in [0.29, 0.717) is 0 Å². The Morgan fingerprint density at radius 2 is 1.31 bits per heavy atom. The number of allylic oxidation sites excluding steroid dienone is 2. The van der Waals surface area contributed by atoms with Crippen LogP contribution in [0.2, 0.25) is 0 Å². The van der Waals surface area contributed by atoms with Crippen LogP contribution in [0.4, 0.5) is 0 Å². The van der Waals surface area contributed by atoms with Gasteiger partial charge in [0.25, 0.3) is 0 Å². The molecular formula is C14H14N2. The van der Waals surface area contributed by atoms with E-state index in [2.05, 4.69) is 19.7 Å². The van der Waals surface area contributed by atoms with Crippen molar-refractivity contribution in [3.63, 3.8) is 0 Å². The largest absolute Gasteiger partial charge is 0.181 e. The summed E-state index contributed by atoms with van der Waals surface area (Å²) in [5, 5.41) is 14.5. The highest BCUT2D eigenvalue weighted by molar-refractivity contribution is 5.45. The lowest BCUT2D eigenvalue weighted by Crippen LogP contribution is -1.63. The van der Waals surface area contributed by atoms with Crippen molar-refractivity contribution in [1.29, 1.82) is 10.5 Å². The van der Waals surface area contributed by atoms with Crippen LogP contribution in [0.25, 0.3) is 6.08 Å². The van der Waals surface area contributed by atoms with Crippen LogP contribution < -0.4 is 0 Å². The van der Waals surface area contributed by atoms with Crippen LogP contribution in [0.5, 0.6) is 0 Å². The number of hydrogen-bond acceptors (Lipinski definition) is 2. The maximum Gasteiger partial charge on any atom is 0.181 e. The topological polar surface area (TPSA) is 47.6 Å². The van der Waals surface area contributed by atoms with Gasteiger partial charge in [-0.3, -0.25) is 0 Å². The van der Waals surface area contributed by atoms with Crippen molar-refractivity contribution in [2.75, 3.05) is 0 Å². The van der Waals surface area contributed by atoms with Crippen molar-refractivity contribution in [1.82, 2.24) is 0 Å². The van der Waals surface area contributed by atoms with Crippen LogP contribution in [-0.4, -0.2) is 0 Å². The van der Waals surface area contributed by atoms with Crippen molar-refractivity contribution in [2.24, 2.45) is 0 Å². The summed E-state index contributed by atoms with van der Waals surface area (Å²) in [7, 11) is 0. The Balaban J connectivity index is 0. The zero-order valence-corrected chi connectivity index (χ0v) is 9.13. The third-order valence-electron chi connectivity index (χ3n) is 1.25. The molecule has 0 atom stereocenters. The molecule has 0 radical (unpaired) electrons. The summed E-state index contributed by atoms with van der Waals surface area (Å²) in [6.07, 6.45) is 5.11. The molecule has 0 aliphatic carbocycles. The minimum absolute atomic E-state index is 1.17. The van der Waals surface area contributed by atoms with Gasteiger partial charge in [-0.15, -0.1) is 0 Å². The lowest BCUT2D eigenvalue weighted by atomic mass is 10.2. The molecule has 0 saturated heterocycles. The maximum absolute atomic E-state index is 7.26. The lowest BCUT2D eigenvalue weighted by Gasteiger charge is -1.85. The Hall–Kier alpha value is -2.58. The first kappa shape index (κ1) is 15.9. The van der Waals surface area contributed by atoms with Gasteiger partial charge in [-0.05, 0) is 5.56 Å². The summed E-state index contributed by atoms with van der Waals surface area (Å²) in [5.41, 5.74) is 1.17. The Morgan fingerprint density at radius 3 is 1.50 bits per heavy atom. The molecule has 0 heterocycles. The van der Waals surface area contributed by atoms with Crippen LogP contribution in [-0.2, 0) is 0 Å². The van der Waals surface area contributed by atoms with Crippen LogP contribution in [0.15, 0.2) is 62.2 Å². The molecule has 0 aromatic heterocycles. The smallest absolute Gasteiger partial charge is 0.181 e. The maximum atomic E-state index is 7.26. The molecule has 0 bridgehead atoms. The van der Waals surface area contributed by atoms with Crippen LogP contribution in [0, 0.1) is 22.7 Å². The second kappa shape index (κ2) is 14.9. The summed E-state index contributed by atoms with van der Waals surface area (Å²) in [5.74, 6) is 0. The monoisotopic (exact) mass is 210 g/mol. The van der Waals surface area contributed by atoms with Crippen LogP contribution in [0.3, 0.4) is 0 Å². The first-order chi connectivity index (χ1) is 7.76. The number of rotatable bonds is 2. The van der Waals surface area contributed by atoms with E-state index in [1.807, 2.05) is 36.4 Å². The zero-order chi connectivity index (χ0) is 12.6. The average molecular weight is 210 g/mol. The van der Waals surface area contributed by atoms with Crippen molar-refractivity contribution in [3.8, 4) is 12.1 Å². The summed E-state index contributed by atoms with van der Waals surface area (Å²) in [6.45, 7) is 10.4. The first-order valence-electron chi connectivity index (χ1n) is 4.45. The molecule has 80 valence electrons. The predicted octanol–water partition coefficient (Wildman–Crippen LogP) is 3.72. The molecule has 0 aliphatic heterocycles. The van der Waals surface area contributed by atoms with E-state index in [1.54, 1.807) is 12.2 Å². The Morgan fingerprint density at radius 1 is 0.875 bits per heavy atom. The van der Waals surface area contributed by atoms with Crippen LogP contribution >= 0.6 is 0 Å². The third-order valence-corrected chi connectivity index (χ3v) is 1.25. The third kappa shape index (κ3) is 14.0. The standard InChI is InChI=1S/C8H8.C4H6.C2N2/c1-2-8-6-4-3-5-7-8;1-3-4-2;3-1-2-4/h2-7H,1H2;3-4H,1-2H2;. The summed E-state index contributed by atoms with van der Waals surface area (Å²) in [4.78, 5) is 0. The summed E-state index contributed by atoms with van der Waals surface area (Å²) >= 11 is 0. The highest BCUT2D eigenvalue weighted by Gasteiger charge is 1.75. The molecule has 0 aliphatic rings. The quantitative estimate of drug-likeness (QED) is 0.698. The molecule has 2 nitrogen and oxygen atoms in total. The van der Waals surface area contributed by atoms with E-state index in [1.165, 1.54) is 17.7 Å². The molecule has 0 spiro atoms. The van der Waals surface area contributed by atoms with Gasteiger partial charge in [0.1, 0.15) is 0 Å². The van der Waals surface area contributed by atoms with Crippen LogP contribution in [0.1, 0.15) is 5.56 Å². The van der Waals surface area contributed by atoms with E-state index in [0.717, 1.165) is 0 Å². The van der Waals surface area contributed by atoms with Gasteiger partial charge in [0.05, 0.1) is 0 Å². The molecule has 0 N–H and O–H groups in total. The molecular weight excluding hydrogens is 196 g/mol. The van der Waals surface area contributed by atoms with Crippen molar-refractivity contribution in [3.05, 3.63) is 67.8 Å². The fourth-order valence-electron chi connectivity index (χ4n) is 0.589. The molecule has 0 unspecified atom stereocenters. The normalized spacial score (nSPS) is 6.12. The molecule has 2 heteroatoms. The highest BCUT2D eigenvalue weighted by atomic mass is 14.3. The minimum atomic E-state index is 1.17. The van der Waals surface area contributed by atoms with E-state index in [-0.39, 0.29) is 0 Å². The predicted molar refractivity (Wildman–Crippen MR) is 68.2 cm³/mol. The van der Waals surface area contributed by atoms with Gasteiger partial charge in [0.2, 0.25) is 0 Å². The number of nitrogens with zero attached hydrogens (tertiary/aromatic N) is 2. The molecule has 1 aromatic rings. The Labute approximate surface area is 97.1 Å². The summed E-state index contributed by atoms with van der Waals surface area (Å²) < 4.78 is 0. The number of nitriles is 2. The number of hydrogen-bond donors (Lipinski definition) is 0. The zero-order valence-electron chi connectivity index (χ0n) is 9.13. The molecule has 0 fully saturated rings. The van der Waals surface area contributed by atoms with E-state index in [9.17, 15) is 0 Å². The number of benzene rings is 1. The van der Waals surface area contributed by atoms with Crippen molar-refractivity contribution < 1.29 is 0 Å². The lowest BCUT2D eigenvalue weighted by molar-refractivity contribution is 1.49. The first-order valence-corrected chi connectivity index (χ1v) is 4.45. The van der Waals surface area contributed by atoms with Gasteiger partial charge in [-0.2, -0.15) is 10.5 Å². The van der Waals surface area contributed by atoms with E-state index < -0.39 is 0 Å². The Kier molecular flexibility index (Phi) is 14.8. The highest BCUT2D eigenvalue weighted by Crippen LogP contribution is 1.97.